The lowest BCUT2D eigenvalue weighted by Gasteiger charge is -2.34. The SMILES string of the molecule is CNC(=O)OC1CC(NC(=O)OCc2ccccc2)C1. The van der Waals surface area contributed by atoms with Crippen LogP contribution < -0.4 is 10.6 Å². The number of carbonyl (C=O) groups excluding carboxylic acids is 2. The van der Waals surface area contributed by atoms with Crippen molar-refractivity contribution >= 4 is 12.2 Å². The Morgan fingerprint density at radius 3 is 2.55 bits per heavy atom. The van der Waals surface area contributed by atoms with Crippen molar-refractivity contribution in [3.8, 4) is 0 Å². The lowest BCUT2D eigenvalue weighted by molar-refractivity contribution is 0.0313. The van der Waals surface area contributed by atoms with Crippen LogP contribution in [-0.4, -0.2) is 31.4 Å². The summed E-state index contributed by atoms with van der Waals surface area (Å²) >= 11 is 0. The Labute approximate surface area is 117 Å². The molecule has 0 bridgehead atoms. The van der Waals surface area contributed by atoms with Gasteiger partial charge in [0, 0.05) is 25.9 Å². The third-order valence-corrected chi connectivity index (χ3v) is 3.11. The summed E-state index contributed by atoms with van der Waals surface area (Å²) in [5, 5.41) is 5.12. The number of rotatable bonds is 4. The van der Waals surface area contributed by atoms with Crippen molar-refractivity contribution in [1.29, 1.82) is 0 Å². The number of hydrogen-bond donors (Lipinski definition) is 2. The maximum atomic E-state index is 11.6. The number of alkyl carbamates (subject to hydrolysis) is 2. The number of benzene rings is 1. The molecular weight excluding hydrogens is 260 g/mol. The summed E-state index contributed by atoms with van der Waals surface area (Å²) in [6.45, 7) is 0.248. The van der Waals surface area contributed by atoms with Gasteiger partial charge in [-0.25, -0.2) is 9.59 Å². The van der Waals surface area contributed by atoms with Crippen molar-refractivity contribution < 1.29 is 19.1 Å². The first kappa shape index (κ1) is 14.2. The van der Waals surface area contributed by atoms with Crippen LogP contribution in [0.15, 0.2) is 30.3 Å². The van der Waals surface area contributed by atoms with Crippen molar-refractivity contribution in [2.24, 2.45) is 0 Å². The number of amides is 2. The summed E-state index contributed by atoms with van der Waals surface area (Å²) in [4.78, 5) is 22.5. The molecule has 1 aromatic rings. The molecule has 0 saturated heterocycles. The van der Waals surface area contributed by atoms with E-state index in [1.165, 1.54) is 7.05 Å². The molecule has 0 aromatic heterocycles. The zero-order chi connectivity index (χ0) is 14.4. The van der Waals surface area contributed by atoms with Crippen LogP contribution in [0.2, 0.25) is 0 Å². The largest absolute Gasteiger partial charge is 0.446 e. The van der Waals surface area contributed by atoms with Crippen LogP contribution in [0.5, 0.6) is 0 Å². The molecule has 1 aliphatic rings. The quantitative estimate of drug-likeness (QED) is 0.880. The highest BCUT2D eigenvalue weighted by atomic mass is 16.6. The number of hydrogen-bond acceptors (Lipinski definition) is 4. The van der Waals surface area contributed by atoms with E-state index in [4.69, 9.17) is 9.47 Å². The normalized spacial score (nSPS) is 20.4. The molecule has 0 heterocycles. The van der Waals surface area contributed by atoms with E-state index in [9.17, 15) is 9.59 Å². The Hall–Kier alpha value is -2.24. The Morgan fingerprint density at radius 1 is 1.20 bits per heavy atom. The first-order valence-electron chi connectivity index (χ1n) is 6.53. The monoisotopic (exact) mass is 278 g/mol. The van der Waals surface area contributed by atoms with Gasteiger partial charge >= 0.3 is 12.2 Å². The molecule has 6 heteroatoms. The average molecular weight is 278 g/mol. The molecule has 0 unspecified atom stereocenters. The van der Waals surface area contributed by atoms with Gasteiger partial charge in [0.2, 0.25) is 0 Å². The third kappa shape index (κ3) is 4.15. The maximum absolute atomic E-state index is 11.6. The highest BCUT2D eigenvalue weighted by molar-refractivity contribution is 5.68. The van der Waals surface area contributed by atoms with Gasteiger partial charge in [0.1, 0.15) is 12.7 Å². The van der Waals surface area contributed by atoms with Crippen LogP contribution in [0.1, 0.15) is 18.4 Å². The summed E-state index contributed by atoms with van der Waals surface area (Å²) in [5.41, 5.74) is 0.942. The van der Waals surface area contributed by atoms with Crippen LogP contribution in [0.3, 0.4) is 0 Å². The molecule has 2 amide bonds. The van der Waals surface area contributed by atoms with Crippen molar-refractivity contribution in [3.05, 3.63) is 35.9 Å². The standard InChI is InChI=1S/C14H18N2O4/c1-15-13(17)20-12-7-11(8-12)16-14(18)19-9-10-5-3-2-4-6-10/h2-6,11-12H,7-9H2,1H3,(H,15,17)(H,16,18). The average Bonchev–Trinajstić information content (AvgIpc) is 2.43. The van der Waals surface area contributed by atoms with E-state index in [1.54, 1.807) is 0 Å². The number of ether oxygens (including phenoxy) is 2. The lowest BCUT2D eigenvalue weighted by Crippen LogP contribution is -2.49. The molecular formula is C14H18N2O4. The summed E-state index contributed by atoms with van der Waals surface area (Å²) in [6, 6.07) is 9.48. The molecule has 20 heavy (non-hydrogen) atoms. The van der Waals surface area contributed by atoms with Crippen LogP contribution in [0.4, 0.5) is 9.59 Å². The Bertz CT molecular complexity index is 458. The van der Waals surface area contributed by atoms with Gasteiger partial charge in [-0.3, -0.25) is 0 Å². The van der Waals surface area contributed by atoms with E-state index in [-0.39, 0.29) is 18.8 Å². The minimum Gasteiger partial charge on any atom is -0.446 e. The Balaban J connectivity index is 1.61. The summed E-state index contributed by atoms with van der Waals surface area (Å²) in [6.07, 6.45) is 0.216. The maximum Gasteiger partial charge on any atom is 0.407 e. The molecule has 6 nitrogen and oxygen atoms in total. The molecule has 1 aromatic carbocycles. The van der Waals surface area contributed by atoms with E-state index in [0.29, 0.717) is 12.8 Å². The van der Waals surface area contributed by atoms with E-state index >= 15 is 0 Å². The molecule has 2 N–H and O–H groups in total. The molecule has 2 rings (SSSR count). The molecule has 1 fully saturated rings. The fourth-order valence-corrected chi connectivity index (χ4v) is 1.92. The van der Waals surface area contributed by atoms with Gasteiger partial charge in [-0.15, -0.1) is 0 Å². The van der Waals surface area contributed by atoms with Crippen molar-refractivity contribution in [2.45, 2.75) is 31.6 Å². The zero-order valence-corrected chi connectivity index (χ0v) is 11.3. The highest BCUT2D eigenvalue weighted by Crippen LogP contribution is 2.23. The smallest absolute Gasteiger partial charge is 0.407 e. The molecule has 108 valence electrons. The van der Waals surface area contributed by atoms with Crippen molar-refractivity contribution in [2.75, 3.05) is 7.05 Å². The first-order chi connectivity index (χ1) is 9.67. The topological polar surface area (TPSA) is 76.7 Å². The molecule has 0 atom stereocenters. The van der Waals surface area contributed by atoms with Crippen LogP contribution in [0.25, 0.3) is 0 Å². The predicted octanol–water partition coefficient (Wildman–Crippen LogP) is 1.80. The fraction of sp³-hybridized carbons (Fsp3) is 0.429. The Kier molecular flexibility index (Phi) is 4.81. The third-order valence-electron chi connectivity index (χ3n) is 3.11. The minimum absolute atomic E-state index is 0.00734. The van der Waals surface area contributed by atoms with E-state index < -0.39 is 12.2 Å². The van der Waals surface area contributed by atoms with E-state index in [1.807, 2.05) is 30.3 Å². The van der Waals surface area contributed by atoms with Gasteiger partial charge in [0.15, 0.2) is 0 Å². The summed E-state index contributed by atoms with van der Waals surface area (Å²) < 4.78 is 10.1. The van der Waals surface area contributed by atoms with Crippen molar-refractivity contribution in [1.82, 2.24) is 10.6 Å². The Morgan fingerprint density at radius 2 is 1.90 bits per heavy atom. The second-order valence-electron chi connectivity index (χ2n) is 4.65. The van der Waals surface area contributed by atoms with Crippen LogP contribution >= 0.6 is 0 Å². The number of nitrogens with one attached hydrogen (secondary N) is 2. The molecule has 1 aliphatic carbocycles. The molecule has 0 spiro atoms. The van der Waals surface area contributed by atoms with Gasteiger partial charge in [0.25, 0.3) is 0 Å². The van der Waals surface area contributed by atoms with Gasteiger partial charge in [-0.2, -0.15) is 0 Å². The van der Waals surface area contributed by atoms with Crippen LogP contribution in [-0.2, 0) is 16.1 Å². The van der Waals surface area contributed by atoms with Gasteiger partial charge in [-0.1, -0.05) is 30.3 Å². The van der Waals surface area contributed by atoms with Gasteiger partial charge in [0.05, 0.1) is 0 Å². The number of carbonyl (C=O) groups is 2. The summed E-state index contributed by atoms with van der Waals surface area (Å²) in [5.74, 6) is 0. The van der Waals surface area contributed by atoms with Gasteiger partial charge < -0.3 is 20.1 Å². The molecule has 1 saturated carbocycles. The van der Waals surface area contributed by atoms with Gasteiger partial charge in [-0.05, 0) is 5.56 Å². The summed E-state index contributed by atoms with van der Waals surface area (Å²) in [7, 11) is 1.51. The molecule has 0 radical (unpaired) electrons. The lowest BCUT2D eigenvalue weighted by atomic mass is 9.89. The second-order valence-corrected chi connectivity index (χ2v) is 4.65. The van der Waals surface area contributed by atoms with Crippen LogP contribution in [0, 0.1) is 0 Å². The second kappa shape index (κ2) is 6.79. The fourth-order valence-electron chi connectivity index (χ4n) is 1.92. The molecule has 0 aliphatic heterocycles. The minimum atomic E-state index is -0.447. The van der Waals surface area contributed by atoms with E-state index in [0.717, 1.165) is 5.56 Å². The van der Waals surface area contributed by atoms with Crippen molar-refractivity contribution in [3.63, 3.8) is 0 Å². The first-order valence-corrected chi connectivity index (χ1v) is 6.53. The highest BCUT2D eigenvalue weighted by Gasteiger charge is 2.33. The predicted molar refractivity (Wildman–Crippen MR) is 72.1 cm³/mol. The van der Waals surface area contributed by atoms with E-state index in [2.05, 4.69) is 10.6 Å². The zero-order valence-electron chi connectivity index (χ0n) is 11.3.